The van der Waals surface area contributed by atoms with Crippen LogP contribution in [-0.2, 0) is 6.54 Å². The molecule has 1 aromatic carbocycles. The van der Waals surface area contributed by atoms with Gasteiger partial charge in [-0.15, -0.1) is 0 Å². The van der Waals surface area contributed by atoms with E-state index in [0.717, 1.165) is 24.6 Å². The molecule has 2 rings (SSSR count). The highest BCUT2D eigenvalue weighted by molar-refractivity contribution is 5.34. The average molecular weight is 232 g/mol. The number of halogens is 1. The molecule has 1 aromatic rings. The minimum Gasteiger partial charge on any atom is -0.302 e. The quantitative estimate of drug-likeness (QED) is 0.798. The van der Waals surface area contributed by atoms with Gasteiger partial charge in [0.15, 0.2) is 0 Å². The molecule has 0 heterocycles. The van der Waals surface area contributed by atoms with Gasteiger partial charge in [-0.1, -0.05) is 12.5 Å². The van der Waals surface area contributed by atoms with Gasteiger partial charge in [0.1, 0.15) is 11.9 Å². The fourth-order valence-corrected chi connectivity index (χ4v) is 2.25. The van der Waals surface area contributed by atoms with E-state index in [1.165, 1.54) is 25.3 Å². The summed E-state index contributed by atoms with van der Waals surface area (Å²) in [7, 11) is 2.08. The van der Waals surface area contributed by atoms with E-state index in [2.05, 4.69) is 11.9 Å². The van der Waals surface area contributed by atoms with Crippen LogP contribution in [0.3, 0.4) is 0 Å². The van der Waals surface area contributed by atoms with Crippen LogP contribution in [0, 0.1) is 23.1 Å². The largest absolute Gasteiger partial charge is 0.302 e. The summed E-state index contributed by atoms with van der Waals surface area (Å²) in [6, 6.07) is 6.66. The van der Waals surface area contributed by atoms with Crippen molar-refractivity contribution in [2.45, 2.75) is 25.8 Å². The van der Waals surface area contributed by atoms with Crippen molar-refractivity contribution in [3.8, 4) is 6.07 Å². The van der Waals surface area contributed by atoms with E-state index < -0.39 is 5.82 Å². The van der Waals surface area contributed by atoms with Gasteiger partial charge >= 0.3 is 0 Å². The van der Waals surface area contributed by atoms with Crippen molar-refractivity contribution in [1.82, 2.24) is 4.90 Å². The van der Waals surface area contributed by atoms with Crippen molar-refractivity contribution in [3.63, 3.8) is 0 Å². The van der Waals surface area contributed by atoms with Gasteiger partial charge in [0.05, 0.1) is 5.56 Å². The Morgan fingerprint density at radius 3 is 2.82 bits per heavy atom. The van der Waals surface area contributed by atoms with Crippen LogP contribution in [0.25, 0.3) is 0 Å². The first kappa shape index (κ1) is 12.1. The Bertz CT molecular complexity index is 432. The lowest BCUT2D eigenvalue weighted by atomic mass is 9.85. The topological polar surface area (TPSA) is 27.0 Å². The molecule has 0 radical (unpaired) electrons. The Hall–Kier alpha value is -1.40. The second-order valence-corrected chi connectivity index (χ2v) is 4.92. The van der Waals surface area contributed by atoms with Gasteiger partial charge in [-0.2, -0.15) is 5.26 Å². The van der Waals surface area contributed by atoms with Gasteiger partial charge in [0, 0.05) is 13.1 Å². The van der Waals surface area contributed by atoms with E-state index >= 15 is 0 Å². The van der Waals surface area contributed by atoms with E-state index in [0.29, 0.717) is 0 Å². The normalized spacial score (nSPS) is 15.6. The maximum Gasteiger partial charge on any atom is 0.140 e. The molecule has 1 aliphatic rings. The lowest BCUT2D eigenvalue weighted by Gasteiger charge is -2.30. The number of hydrogen-bond acceptors (Lipinski definition) is 2. The summed E-state index contributed by atoms with van der Waals surface area (Å²) in [6.45, 7) is 1.88. The van der Waals surface area contributed by atoms with E-state index in [4.69, 9.17) is 5.26 Å². The molecule has 90 valence electrons. The second kappa shape index (κ2) is 5.29. The van der Waals surface area contributed by atoms with Crippen LogP contribution in [0.2, 0.25) is 0 Å². The Labute approximate surface area is 102 Å². The number of nitrogens with zero attached hydrogens (tertiary/aromatic N) is 2. The third kappa shape index (κ3) is 3.04. The molecule has 3 heteroatoms. The molecule has 0 aromatic heterocycles. The van der Waals surface area contributed by atoms with Crippen molar-refractivity contribution in [2.75, 3.05) is 13.6 Å². The molecule has 1 saturated carbocycles. The maximum absolute atomic E-state index is 13.1. The van der Waals surface area contributed by atoms with Gasteiger partial charge < -0.3 is 4.90 Å². The van der Waals surface area contributed by atoms with Crippen LogP contribution in [0.1, 0.15) is 30.4 Å². The van der Waals surface area contributed by atoms with Crippen LogP contribution in [-0.4, -0.2) is 18.5 Å². The predicted octanol–water partition coefficient (Wildman–Crippen LogP) is 2.93. The predicted molar refractivity (Wildman–Crippen MR) is 64.8 cm³/mol. The Kier molecular flexibility index (Phi) is 3.75. The molecule has 0 unspecified atom stereocenters. The third-order valence-corrected chi connectivity index (χ3v) is 3.40. The molecule has 0 amide bonds. The van der Waals surface area contributed by atoms with Crippen LogP contribution in [0.4, 0.5) is 4.39 Å². The minimum absolute atomic E-state index is 0.138. The minimum atomic E-state index is -0.433. The first-order valence-electron chi connectivity index (χ1n) is 6.06. The van der Waals surface area contributed by atoms with E-state index in [9.17, 15) is 4.39 Å². The van der Waals surface area contributed by atoms with E-state index in [1.54, 1.807) is 12.1 Å². The summed E-state index contributed by atoms with van der Waals surface area (Å²) in [4.78, 5) is 2.25. The highest BCUT2D eigenvalue weighted by atomic mass is 19.1. The smallest absolute Gasteiger partial charge is 0.140 e. The Morgan fingerprint density at radius 2 is 2.24 bits per heavy atom. The molecule has 0 N–H and O–H groups in total. The molecule has 2 nitrogen and oxygen atoms in total. The second-order valence-electron chi connectivity index (χ2n) is 4.92. The van der Waals surface area contributed by atoms with Gasteiger partial charge in [-0.3, -0.25) is 0 Å². The lowest BCUT2D eigenvalue weighted by molar-refractivity contribution is 0.200. The monoisotopic (exact) mass is 232 g/mol. The van der Waals surface area contributed by atoms with Crippen LogP contribution in [0.15, 0.2) is 18.2 Å². The van der Waals surface area contributed by atoms with Gasteiger partial charge in [0.2, 0.25) is 0 Å². The first-order chi connectivity index (χ1) is 8.19. The van der Waals surface area contributed by atoms with Crippen molar-refractivity contribution in [1.29, 1.82) is 5.26 Å². The maximum atomic E-state index is 13.1. The van der Waals surface area contributed by atoms with Gasteiger partial charge in [-0.25, -0.2) is 4.39 Å². The summed E-state index contributed by atoms with van der Waals surface area (Å²) in [5, 5.41) is 8.77. The Balaban J connectivity index is 1.95. The molecular formula is C14H17FN2. The van der Waals surface area contributed by atoms with E-state index in [-0.39, 0.29) is 5.56 Å². The highest BCUT2D eigenvalue weighted by Crippen LogP contribution is 2.27. The number of benzene rings is 1. The van der Waals surface area contributed by atoms with Crippen LogP contribution >= 0.6 is 0 Å². The van der Waals surface area contributed by atoms with Crippen molar-refractivity contribution < 1.29 is 4.39 Å². The molecule has 17 heavy (non-hydrogen) atoms. The fourth-order valence-electron chi connectivity index (χ4n) is 2.25. The molecule has 0 bridgehead atoms. The molecule has 0 saturated heterocycles. The standard InChI is InChI=1S/C14H17FN2/c1-17(9-11-3-2-4-11)10-12-5-6-14(15)13(7-12)8-16/h5-7,11H,2-4,9-10H2,1H3. The van der Waals surface area contributed by atoms with Gasteiger partial charge in [0.25, 0.3) is 0 Å². The van der Waals surface area contributed by atoms with Gasteiger partial charge in [-0.05, 0) is 43.5 Å². The van der Waals surface area contributed by atoms with Crippen molar-refractivity contribution in [3.05, 3.63) is 35.1 Å². The molecule has 0 aliphatic heterocycles. The van der Waals surface area contributed by atoms with Crippen molar-refractivity contribution >= 4 is 0 Å². The molecular weight excluding hydrogens is 215 g/mol. The van der Waals surface area contributed by atoms with E-state index in [1.807, 2.05) is 6.07 Å². The van der Waals surface area contributed by atoms with Crippen molar-refractivity contribution in [2.24, 2.45) is 5.92 Å². The third-order valence-electron chi connectivity index (χ3n) is 3.40. The SMILES string of the molecule is CN(Cc1ccc(F)c(C#N)c1)CC1CCC1. The summed E-state index contributed by atoms with van der Waals surface area (Å²) in [5.41, 5.74) is 1.14. The zero-order chi connectivity index (χ0) is 12.3. The number of rotatable bonds is 4. The molecule has 1 aliphatic carbocycles. The van der Waals surface area contributed by atoms with Crippen LogP contribution in [0.5, 0.6) is 0 Å². The zero-order valence-electron chi connectivity index (χ0n) is 10.1. The summed E-state index contributed by atoms with van der Waals surface area (Å²) >= 11 is 0. The average Bonchev–Trinajstić information content (AvgIpc) is 2.26. The fraction of sp³-hybridized carbons (Fsp3) is 0.500. The molecule has 0 atom stereocenters. The number of nitriles is 1. The molecule has 1 fully saturated rings. The Morgan fingerprint density at radius 1 is 1.47 bits per heavy atom. The van der Waals surface area contributed by atoms with Crippen LogP contribution < -0.4 is 0 Å². The zero-order valence-corrected chi connectivity index (χ0v) is 10.1. The first-order valence-corrected chi connectivity index (χ1v) is 6.06. The molecule has 0 spiro atoms. The lowest BCUT2D eigenvalue weighted by Crippen LogP contribution is -2.29. The number of hydrogen-bond donors (Lipinski definition) is 0. The summed E-state index contributed by atoms with van der Waals surface area (Å²) < 4.78 is 13.1. The highest BCUT2D eigenvalue weighted by Gasteiger charge is 2.19. The summed E-state index contributed by atoms with van der Waals surface area (Å²) in [6.07, 6.45) is 4.02. The summed E-state index contributed by atoms with van der Waals surface area (Å²) in [5.74, 6) is 0.397.